The zero-order valence-electron chi connectivity index (χ0n) is 15.1. The van der Waals surface area contributed by atoms with Crippen molar-refractivity contribution < 1.29 is 24.2 Å². The number of carboxylic acid groups (broad SMARTS) is 1. The van der Waals surface area contributed by atoms with Crippen LogP contribution in [0.3, 0.4) is 0 Å². The van der Waals surface area contributed by atoms with E-state index in [2.05, 4.69) is 5.32 Å². The molecule has 0 aliphatic carbocycles. The van der Waals surface area contributed by atoms with E-state index in [1.54, 1.807) is 42.5 Å². The van der Waals surface area contributed by atoms with Gasteiger partial charge in [0, 0.05) is 17.7 Å². The summed E-state index contributed by atoms with van der Waals surface area (Å²) in [5, 5.41) is 12.3. The number of carboxylic acids is 1. The number of benzene rings is 2. The predicted octanol–water partition coefficient (Wildman–Crippen LogP) is 4.74. The van der Waals surface area contributed by atoms with E-state index in [4.69, 9.17) is 39.5 Å². The number of esters is 1. The summed E-state index contributed by atoms with van der Waals surface area (Å²) in [4.78, 5) is 36.2. The number of halogens is 3. The van der Waals surface area contributed by atoms with Gasteiger partial charge in [0.25, 0.3) is 0 Å². The first-order valence-corrected chi connectivity index (χ1v) is 9.71. The molecule has 0 fully saturated rings. The van der Waals surface area contributed by atoms with Crippen LogP contribution < -0.4 is 5.32 Å². The van der Waals surface area contributed by atoms with Gasteiger partial charge in [0.05, 0.1) is 5.56 Å². The molecule has 0 heterocycles. The topological polar surface area (TPSA) is 92.7 Å². The van der Waals surface area contributed by atoms with Crippen molar-refractivity contribution in [2.45, 2.75) is 22.7 Å². The number of carbonyl (C=O) groups is 3. The Bertz CT molecular complexity index is 868. The number of carbonyl (C=O) groups excluding carboxylic acids is 2. The number of aliphatic carboxylic acids is 1. The van der Waals surface area contributed by atoms with Crippen LogP contribution in [0.5, 0.6) is 0 Å². The smallest absolute Gasteiger partial charge is 0.340 e. The molecule has 0 spiro atoms. The van der Waals surface area contributed by atoms with Crippen LogP contribution in [0.25, 0.3) is 0 Å². The van der Waals surface area contributed by atoms with E-state index in [1.807, 2.05) is 0 Å². The Balaban J connectivity index is 2.08. The van der Waals surface area contributed by atoms with E-state index in [1.165, 1.54) is 12.1 Å². The highest BCUT2D eigenvalue weighted by Gasteiger charge is 2.25. The molecule has 9 heteroatoms. The summed E-state index contributed by atoms with van der Waals surface area (Å²) in [6.07, 6.45) is 0.0501. The molecule has 0 amide bonds. The lowest BCUT2D eigenvalue weighted by molar-refractivity contribution is -0.138. The lowest BCUT2D eigenvalue weighted by Crippen LogP contribution is -2.31. The van der Waals surface area contributed by atoms with Crippen molar-refractivity contribution in [3.8, 4) is 0 Å². The number of Topliss-reactive ketones (excluding diaryl/α,β-unsaturated/α-hetero) is 1. The van der Waals surface area contributed by atoms with Gasteiger partial charge >= 0.3 is 11.9 Å². The Morgan fingerprint density at radius 3 is 2.24 bits per heavy atom. The number of hydrogen-bond acceptors (Lipinski definition) is 5. The SMILES string of the molecule is O=C(CCC(Nc1ccccc1C(=O)OCC(Cl)(Cl)Cl)C(=O)O)c1ccccc1. The third kappa shape index (κ3) is 7.57. The average molecular weight is 459 g/mol. The summed E-state index contributed by atoms with van der Waals surface area (Å²) < 4.78 is 3.19. The molecule has 0 bridgehead atoms. The molecule has 0 radical (unpaired) electrons. The van der Waals surface area contributed by atoms with Crippen LogP contribution in [-0.2, 0) is 9.53 Å². The molecule has 2 aromatic rings. The standard InChI is InChI=1S/C20H18Cl3NO5/c21-20(22,23)12-29-19(28)14-8-4-5-9-15(14)24-16(18(26)27)10-11-17(25)13-6-2-1-3-7-13/h1-9,16,24H,10-12H2,(H,26,27). The molecule has 0 saturated heterocycles. The maximum atomic E-state index is 12.3. The summed E-state index contributed by atoms with van der Waals surface area (Å²) in [7, 11) is 0. The molecule has 0 aromatic heterocycles. The van der Waals surface area contributed by atoms with Crippen LogP contribution in [-0.4, -0.2) is 39.3 Å². The first kappa shape index (κ1) is 23.0. The quantitative estimate of drug-likeness (QED) is 0.320. The Morgan fingerprint density at radius 2 is 1.62 bits per heavy atom. The van der Waals surface area contributed by atoms with Gasteiger partial charge in [-0.2, -0.15) is 0 Å². The Morgan fingerprint density at radius 1 is 1.00 bits per heavy atom. The summed E-state index contributed by atoms with van der Waals surface area (Å²) >= 11 is 16.7. The van der Waals surface area contributed by atoms with Crippen LogP contribution in [0.1, 0.15) is 33.6 Å². The fourth-order valence-corrected chi connectivity index (χ4v) is 2.66. The second-order valence-electron chi connectivity index (χ2n) is 6.10. The van der Waals surface area contributed by atoms with Gasteiger partial charge in [-0.05, 0) is 18.6 Å². The number of alkyl halides is 3. The van der Waals surface area contributed by atoms with Crippen molar-refractivity contribution in [1.29, 1.82) is 0 Å². The number of hydrogen-bond donors (Lipinski definition) is 2. The minimum atomic E-state index is -1.76. The Kier molecular flexibility index (Phi) is 8.32. The molecule has 0 saturated carbocycles. The normalized spacial score (nSPS) is 12.1. The van der Waals surface area contributed by atoms with Gasteiger partial charge in [-0.15, -0.1) is 0 Å². The molecule has 154 valence electrons. The summed E-state index contributed by atoms with van der Waals surface area (Å²) in [6, 6.07) is 13.7. The van der Waals surface area contributed by atoms with Gasteiger partial charge in [-0.25, -0.2) is 9.59 Å². The van der Waals surface area contributed by atoms with Crippen LogP contribution in [0.15, 0.2) is 54.6 Å². The zero-order valence-corrected chi connectivity index (χ0v) is 17.4. The number of nitrogens with one attached hydrogen (secondary N) is 1. The van der Waals surface area contributed by atoms with Gasteiger partial charge in [0.2, 0.25) is 3.79 Å². The Labute approximate surface area is 182 Å². The highest BCUT2D eigenvalue weighted by atomic mass is 35.6. The number of rotatable bonds is 9. The molecule has 0 aliphatic rings. The van der Waals surface area contributed by atoms with Crippen LogP contribution in [0.4, 0.5) is 5.69 Å². The molecule has 6 nitrogen and oxygen atoms in total. The number of anilines is 1. The lowest BCUT2D eigenvalue weighted by atomic mass is 10.0. The van der Waals surface area contributed by atoms with Crippen LogP contribution in [0.2, 0.25) is 0 Å². The predicted molar refractivity (Wildman–Crippen MR) is 112 cm³/mol. The van der Waals surface area contributed by atoms with Crippen molar-refractivity contribution in [1.82, 2.24) is 0 Å². The van der Waals surface area contributed by atoms with Gasteiger partial charge in [0.1, 0.15) is 12.6 Å². The van der Waals surface area contributed by atoms with Crippen molar-refractivity contribution in [2.24, 2.45) is 0 Å². The zero-order chi connectivity index (χ0) is 21.4. The van der Waals surface area contributed by atoms with E-state index in [0.717, 1.165) is 0 Å². The molecule has 1 atom stereocenters. The molecule has 2 aromatic carbocycles. The third-order valence-corrected chi connectivity index (χ3v) is 4.22. The molecular formula is C20H18Cl3NO5. The largest absolute Gasteiger partial charge is 0.480 e. The molecule has 1 unspecified atom stereocenters. The molecule has 2 N–H and O–H groups in total. The van der Waals surface area contributed by atoms with Crippen LogP contribution in [0, 0.1) is 0 Å². The van der Waals surface area contributed by atoms with Crippen molar-refractivity contribution in [3.63, 3.8) is 0 Å². The van der Waals surface area contributed by atoms with E-state index < -0.39 is 28.4 Å². The van der Waals surface area contributed by atoms with E-state index in [9.17, 15) is 19.5 Å². The monoisotopic (exact) mass is 457 g/mol. The molecule has 29 heavy (non-hydrogen) atoms. The average Bonchev–Trinajstić information content (AvgIpc) is 2.69. The molecular weight excluding hydrogens is 441 g/mol. The van der Waals surface area contributed by atoms with E-state index in [-0.39, 0.29) is 29.9 Å². The highest BCUT2D eigenvalue weighted by molar-refractivity contribution is 6.67. The third-order valence-electron chi connectivity index (χ3n) is 3.90. The van der Waals surface area contributed by atoms with Crippen molar-refractivity contribution in [2.75, 3.05) is 11.9 Å². The first-order valence-electron chi connectivity index (χ1n) is 8.58. The van der Waals surface area contributed by atoms with Gasteiger partial charge in [-0.1, -0.05) is 77.3 Å². The highest BCUT2D eigenvalue weighted by Crippen LogP contribution is 2.27. The Hall–Kier alpha value is -2.28. The van der Waals surface area contributed by atoms with E-state index in [0.29, 0.717) is 5.56 Å². The minimum Gasteiger partial charge on any atom is -0.480 e. The lowest BCUT2D eigenvalue weighted by Gasteiger charge is -2.18. The second kappa shape index (κ2) is 10.5. The number of ketones is 1. The summed E-state index contributed by atoms with van der Waals surface area (Å²) in [5.41, 5.74) is 0.830. The maximum Gasteiger partial charge on any atom is 0.340 e. The maximum absolute atomic E-state index is 12.3. The second-order valence-corrected chi connectivity index (χ2v) is 8.62. The minimum absolute atomic E-state index is 0.0217. The molecule has 2 rings (SSSR count). The first-order chi connectivity index (χ1) is 13.7. The van der Waals surface area contributed by atoms with Gasteiger partial charge in [0.15, 0.2) is 5.78 Å². The summed E-state index contributed by atoms with van der Waals surface area (Å²) in [5.74, 6) is -2.10. The van der Waals surface area contributed by atoms with Gasteiger partial charge in [-0.3, -0.25) is 4.79 Å². The fourth-order valence-electron chi connectivity index (χ4n) is 2.50. The van der Waals surface area contributed by atoms with E-state index >= 15 is 0 Å². The van der Waals surface area contributed by atoms with Crippen molar-refractivity contribution in [3.05, 3.63) is 65.7 Å². The van der Waals surface area contributed by atoms with Crippen LogP contribution >= 0.6 is 34.8 Å². The summed E-state index contributed by atoms with van der Waals surface area (Å²) in [6.45, 7) is -0.460. The number of ether oxygens (including phenoxy) is 1. The van der Waals surface area contributed by atoms with Gasteiger partial charge < -0.3 is 15.2 Å². The van der Waals surface area contributed by atoms with Crippen molar-refractivity contribution >= 4 is 58.2 Å². The fraction of sp³-hybridized carbons (Fsp3) is 0.250. The molecule has 0 aliphatic heterocycles. The number of para-hydroxylation sites is 1.